The van der Waals surface area contributed by atoms with Gasteiger partial charge >= 0.3 is 16.4 Å². The normalized spacial score (nSPS) is 20.9. The number of nitriles is 1. The van der Waals surface area contributed by atoms with Crippen molar-refractivity contribution in [3.05, 3.63) is 35.4 Å². The van der Waals surface area contributed by atoms with E-state index < -0.39 is 40.3 Å². The maximum atomic E-state index is 12.4. The van der Waals surface area contributed by atoms with Gasteiger partial charge in [-0.05, 0) is 30.5 Å². The third-order valence-electron chi connectivity index (χ3n) is 4.57. The van der Waals surface area contributed by atoms with Crippen molar-refractivity contribution in [3.8, 4) is 6.07 Å². The third kappa shape index (κ3) is 4.80. The summed E-state index contributed by atoms with van der Waals surface area (Å²) in [7, 11) is -4.87. The highest BCUT2D eigenvalue weighted by atomic mass is 32.3. The number of hydrogen-bond acceptors (Lipinski definition) is 7. The summed E-state index contributed by atoms with van der Waals surface area (Å²) in [5.41, 5.74) is 5.61. The SMILES string of the molecule is N#Cc1ccc(CC(=O)NNC(=O)[C@@H]2CC[C@@H]3CN2C(=O)N3OS(=O)(=O)O)cc1. The Labute approximate surface area is 165 Å². The average Bonchev–Trinajstić information content (AvgIpc) is 2.90. The summed E-state index contributed by atoms with van der Waals surface area (Å²) in [4.78, 5) is 37.8. The fraction of sp³-hybridized carbons (Fsp3) is 0.375. The number of piperidine rings is 1. The van der Waals surface area contributed by atoms with Crippen LogP contribution in [0.2, 0.25) is 0 Å². The lowest BCUT2D eigenvalue weighted by Crippen LogP contribution is -2.54. The van der Waals surface area contributed by atoms with E-state index in [9.17, 15) is 22.8 Å². The number of hydroxylamine groups is 2. The minimum atomic E-state index is -4.87. The van der Waals surface area contributed by atoms with Crippen LogP contribution in [0.3, 0.4) is 0 Å². The molecule has 29 heavy (non-hydrogen) atoms. The molecule has 1 aromatic carbocycles. The molecule has 0 aliphatic carbocycles. The number of carbonyl (C=O) groups is 3. The summed E-state index contributed by atoms with van der Waals surface area (Å²) in [6.45, 7) is 0.0472. The summed E-state index contributed by atoms with van der Waals surface area (Å²) in [6.07, 6.45) is 0.464. The van der Waals surface area contributed by atoms with Gasteiger partial charge in [-0.3, -0.25) is 25.0 Å². The van der Waals surface area contributed by atoms with Crippen LogP contribution >= 0.6 is 0 Å². The second-order valence-electron chi connectivity index (χ2n) is 6.53. The molecule has 2 bridgehead atoms. The molecule has 2 saturated heterocycles. The van der Waals surface area contributed by atoms with Crippen molar-refractivity contribution in [2.45, 2.75) is 31.3 Å². The van der Waals surface area contributed by atoms with E-state index in [2.05, 4.69) is 15.1 Å². The number of amides is 4. The second-order valence-corrected chi connectivity index (χ2v) is 7.54. The predicted molar refractivity (Wildman–Crippen MR) is 94.5 cm³/mol. The lowest BCUT2D eigenvalue weighted by molar-refractivity contribution is -0.131. The van der Waals surface area contributed by atoms with Crippen LogP contribution in [-0.2, 0) is 30.7 Å². The first kappa shape index (κ1) is 20.5. The molecule has 0 saturated carbocycles. The monoisotopic (exact) mass is 423 g/mol. The van der Waals surface area contributed by atoms with Gasteiger partial charge in [0.05, 0.1) is 24.1 Å². The maximum Gasteiger partial charge on any atom is 0.418 e. The molecule has 0 unspecified atom stereocenters. The number of benzene rings is 1. The van der Waals surface area contributed by atoms with E-state index in [4.69, 9.17) is 9.81 Å². The van der Waals surface area contributed by atoms with Crippen LogP contribution in [0, 0.1) is 11.3 Å². The second kappa shape index (κ2) is 8.03. The van der Waals surface area contributed by atoms with E-state index in [0.717, 1.165) is 4.90 Å². The molecule has 12 nitrogen and oxygen atoms in total. The Balaban J connectivity index is 1.54. The topological polar surface area (TPSA) is 169 Å². The molecule has 0 aromatic heterocycles. The van der Waals surface area contributed by atoms with Gasteiger partial charge in [0, 0.05) is 6.54 Å². The molecule has 2 aliphatic heterocycles. The van der Waals surface area contributed by atoms with Crippen LogP contribution in [0.15, 0.2) is 24.3 Å². The molecule has 1 aromatic rings. The number of urea groups is 1. The highest BCUT2D eigenvalue weighted by Gasteiger charge is 2.49. The predicted octanol–water partition coefficient (Wildman–Crippen LogP) is -0.749. The summed E-state index contributed by atoms with van der Waals surface area (Å²) in [5.74, 6) is -1.14. The molecule has 2 heterocycles. The largest absolute Gasteiger partial charge is 0.418 e. The van der Waals surface area contributed by atoms with Crippen molar-refractivity contribution < 1.29 is 31.6 Å². The standard InChI is InChI=1S/C16H17N5O7S/c17-8-11-3-1-10(2-4-11)7-14(22)18-19-15(23)13-6-5-12-9-20(13)16(24)21(12)28-29(25,26)27/h1-4,12-13H,5-7,9H2,(H,18,22)(H,19,23)(H,25,26,27)/t12-,13+/m1/s1. The van der Waals surface area contributed by atoms with E-state index in [1.54, 1.807) is 24.3 Å². The van der Waals surface area contributed by atoms with Gasteiger partial charge in [0.25, 0.3) is 5.91 Å². The van der Waals surface area contributed by atoms with E-state index >= 15 is 0 Å². The third-order valence-corrected chi connectivity index (χ3v) is 4.92. The Hall–Kier alpha value is -3.21. The van der Waals surface area contributed by atoms with Crippen LogP contribution in [0.5, 0.6) is 0 Å². The van der Waals surface area contributed by atoms with Crippen LogP contribution in [0.1, 0.15) is 24.0 Å². The van der Waals surface area contributed by atoms with Crippen molar-refractivity contribution in [1.82, 2.24) is 20.8 Å². The summed E-state index contributed by atoms with van der Waals surface area (Å²) in [5, 5.41) is 9.29. The van der Waals surface area contributed by atoms with E-state index in [1.165, 1.54) is 0 Å². The highest BCUT2D eigenvalue weighted by molar-refractivity contribution is 7.80. The lowest BCUT2D eigenvalue weighted by Gasteiger charge is -2.29. The number of fused-ring (bicyclic) bond motifs is 2. The quantitative estimate of drug-likeness (QED) is 0.410. The molecule has 3 N–H and O–H groups in total. The molecular weight excluding hydrogens is 406 g/mol. The van der Waals surface area contributed by atoms with Gasteiger partial charge in [-0.25, -0.2) is 4.79 Å². The molecule has 2 aliphatic rings. The van der Waals surface area contributed by atoms with Gasteiger partial charge in [-0.1, -0.05) is 12.1 Å². The first-order valence-corrected chi connectivity index (χ1v) is 9.89. The minimum Gasteiger partial charge on any atom is -0.309 e. The zero-order valence-corrected chi connectivity index (χ0v) is 15.8. The van der Waals surface area contributed by atoms with Gasteiger partial charge in [0.15, 0.2) is 0 Å². The van der Waals surface area contributed by atoms with Gasteiger partial charge in [0.2, 0.25) is 5.91 Å². The van der Waals surface area contributed by atoms with Crippen LogP contribution in [-0.4, -0.2) is 59.4 Å². The summed E-state index contributed by atoms with van der Waals surface area (Å²) < 4.78 is 34.8. The summed E-state index contributed by atoms with van der Waals surface area (Å²) >= 11 is 0. The minimum absolute atomic E-state index is 0.0304. The zero-order chi connectivity index (χ0) is 21.2. The first-order chi connectivity index (χ1) is 13.7. The number of nitrogens with zero attached hydrogens (tertiary/aromatic N) is 3. The Kier molecular flexibility index (Phi) is 5.69. The Morgan fingerprint density at radius 1 is 1.24 bits per heavy atom. The highest BCUT2D eigenvalue weighted by Crippen LogP contribution is 2.30. The molecule has 154 valence electrons. The number of nitrogens with one attached hydrogen (secondary N) is 2. The van der Waals surface area contributed by atoms with Crippen molar-refractivity contribution in [2.24, 2.45) is 0 Å². The van der Waals surface area contributed by atoms with Crippen LogP contribution in [0.25, 0.3) is 0 Å². The van der Waals surface area contributed by atoms with Gasteiger partial charge in [-0.15, -0.1) is 4.28 Å². The molecule has 2 atom stereocenters. The maximum absolute atomic E-state index is 12.4. The fourth-order valence-corrected chi connectivity index (χ4v) is 3.63. The number of hydrazine groups is 1. The zero-order valence-electron chi connectivity index (χ0n) is 14.9. The Bertz CT molecular complexity index is 972. The molecule has 0 radical (unpaired) electrons. The molecule has 4 amide bonds. The van der Waals surface area contributed by atoms with Gasteiger partial charge in [0.1, 0.15) is 6.04 Å². The van der Waals surface area contributed by atoms with Crippen LogP contribution < -0.4 is 10.9 Å². The average molecular weight is 423 g/mol. The number of carbonyl (C=O) groups excluding carboxylic acids is 3. The van der Waals surface area contributed by atoms with Gasteiger partial charge in [-0.2, -0.15) is 18.7 Å². The summed E-state index contributed by atoms with van der Waals surface area (Å²) in [6, 6.07) is 5.94. The van der Waals surface area contributed by atoms with E-state index in [-0.39, 0.29) is 25.8 Å². The van der Waals surface area contributed by atoms with E-state index in [0.29, 0.717) is 16.2 Å². The van der Waals surface area contributed by atoms with Crippen molar-refractivity contribution in [2.75, 3.05) is 6.54 Å². The number of hydrogen-bond donors (Lipinski definition) is 3. The van der Waals surface area contributed by atoms with Crippen molar-refractivity contribution in [3.63, 3.8) is 0 Å². The molecule has 3 rings (SSSR count). The van der Waals surface area contributed by atoms with Crippen molar-refractivity contribution in [1.29, 1.82) is 5.26 Å². The van der Waals surface area contributed by atoms with Crippen molar-refractivity contribution >= 4 is 28.2 Å². The van der Waals surface area contributed by atoms with Crippen LogP contribution in [0.4, 0.5) is 4.79 Å². The first-order valence-electron chi connectivity index (χ1n) is 8.52. The molecule has 2 fully saturated rings. The van der Waals surface area contributed by atoms with E-state index in [1.807, 2.05) is 6.07 Å². The molecule has 0 spiro atoms. The Morgan fingerprint density at radius 2 is 1.93 bits per heavy atom. The molecule has 13 heteroatoms. The lowest BCUT2D eigenvalue weighted by atomic mass is 10.0. The molecular formula is C16H17N5O7S. The Morgan fingerprint density at radius 3 is 2.55 bits per heavy atom. The fourth-order valence-electron chi connectivity index (χ4n) is 3.25. The van der Waals surface area contributed by atoms with Gasteiger partial charge < -0.3 is 4.90 Å². The smallest absolute Gasteiger partial charge is 0.309 e. The number of rotatable bonds is 5.